The van der Waals surface area contributed by atoms with Gasteiger partial charge in [-0.1, -0.05) is 70.0 Å². The Morgan fingerprint density at radius 3 is 2.55 bits per heavy atom. The molecule has 1 aliphatic carbocycles. The van der Waals surface area contributed by atoms with Gasteiger partial charge in [-0.2, -0.15) is 0 Å². The van der Waals surface area contributed by atoms with Crippen molar-refractivity contribution in [2.24, 2.45) is 11.1 Å². The van der Waals surface area contributed by atoms with E-state index in [1.807, 2.05) is 30.3 Å². The minimum absolute atomic E-state index is 0.129. The molecule has 0 amide bonds. The summed E-state index contributed by atoms with van der Waals surface area (Å²) in [4.78, 5) is 30.2. The molecule has 2 aliphatic rings. The van der Waals surface area contributed by atoms with Crippen molar-refractivity contribution in [3.63, 3.8) is 0 Å². The topological polar surface area (TPSA) is 98.1 Å². The van der Waals surface area contributed by atoms with Crippen molar-refractivity contribution in [1.29, 1.82) is 0 Å². The third kappa shape index (κ3) is 2.84. The van der Waals surface area contributed by atoms with Crippen molar-refractivity contribution >= 4 is 33.5 Å². The zero-order chi connectivity index (χ0) is 23.4. The number of aliphatic hydroxyl groups excluding tert-OH is 1. The van der Waals surface area contributed by atoms with Gasteiger partial charge in [0.05, 0.1) is 18.1 Å². The predicted molar refractivity (Wildman–Crippen MR) is 124 cm³/mol. The Morgan fingerprint density at radius 2 is 1.91 bits per heavy atom. The fourth-order valence-corrected chi connectivity index (χ4v) is 5.80. The number of esters is 1. The van der Waals surface area contributed by atoms with E-state index < -0.39 is 35.0 Å². The number of rotatable bonds is 4. The van der Waals surface area contributed by atoms with Crippen molar-refractivity contribution < 1.29 is 19.4 Å². The van der Waals surface area contributed by atoms with Crippen LogP contribution in [0.2, 0.25) is 5.02 Å². The smallest absolute Gasteiger partial charge is 0.312 e. The summed E-state index contributed by atoms with van der Waals surface area (Å²) in [6.07, 6.45) is -0.212. The molecule has 5 atom stereocenters. The van der Waals surface area contributed by atoms with Crippen LogP contribution in [0.15, 0.2) is 76.5 Å². The van der Waals surface area contributed by atoms with Crippen LogP contribution in [0, 0.1) is 10.8 Å². The molecule has 2 heterocycles. The molecule has 0 radical (unpaired) electrons. The number of nitroso groups, excluding NO2 is 1. The average molecular weight is 530 g/mol. The van der Waals surface area contributed by atoms with E-state index in [0.29, 0.717) is 16.1 Å². The number of methoxy groups -OCH3 is 1. The number of aliphatic hydroxyl groups is 1. The van der Waals surface area contributed by atoms with Gasteiger partial charge in [-0.15, -0.1) is 4.91 Å². The maximum atomic E-state index is 13.1. The Balaban J connectivity index is 1.91. The summed E-state index contributed by atoms with van der Waals surface area (Å²) < 4.78 is 12.4. The van der Waals surface area contributed by atoms with Crippen molar-refractivity contribution in [2.45, 2.75) is 23.2 Å². The van der Waals surface area contributed by atoms with Crippen molar-refractivity contribution in [3.8, 4) is 5.75 Å². The summed E-state index contributed by atoms with van der Waals surface area (Å²) in [5.74, 6) is -2.42. The number of halogens is 2. The van der Waals surface area contributed by atoms with Crippen molar-refractivity contribution in [1.82, 2.24) is 4.98 Å². The van der Waals surface area contributed by atoms with Gasteiger partial charge in [0.15, 0.2) is 5.60 Å². The highest BCUT2D eigenvalue weighted by Crippen LogP contribution is 2.69. The SMILES string of the molecule is COC(=O)[C@H]1[C@@H](O)[C@@]2(N=O)c3ncc(Cl)cc3O[C@@]2(c2ccc(Br)cc2)[C@@H]1c1ccccc1. The van der Waals surface area contributed by atoms with Crippen LogP contribution in [0.3, 0.4) is 0 Å². The van der Waals surface area contributed by atoms with Crippen LogP contribution < -0.4 is 4.74 Å². The first kappa shape index (κ1) is 22.0. The molecule has 1 N–H and O–H groups in total. The average Bonchev–Trinajstić information content (AvgIpc) is 3.24. The first-order valence-electron chi connectivity index (χ1n) is 10.2. The molecule has 0 bridgehead atoms. The van der Waals surface area contributed by atoms with Gasteiger partial charge >= 0.3 is 5.97 Å². The number of aromatic nitrogens is 1. The molecule has 9 heteroatoms. The molecular formula is C24H18BrClN2O5. The molecule has 0 spiro atoms. The summed E-state index contributed by atoms with van der Waals surface area (Å²) in [7, 11) is 1.24. The van der Waals surface area contributed by atoms with Gasteiger partial charge in [0, 0.05) is 22.7 Å². The van der Waals surface area contributed by atoms with Crippen molar-refractivity contribution in [2.75, 3.05) is 7.11 Å². The zero-order valence-corrected chi connectivity index (χ0v) is 19.7. The number of nitrogens with zero attached hydrogens (tertiary/aromatic N) is 2. The second-order valence-electron chi connectivity index (χ2n) is 8.08. The van der Waals surface area contributed by atoms with Crippen LogP contribution in [0.25, 0.3) is 0 Å². The lowest BCUT2D eigenvalue weighted by molar-refractivity contribution is -0.150. The summed E-state index contributed by atoms with van der Waals surface area (Å²) in [6.45, 7) is 0. The van der Waals surface area contributed by atoms with E-state index in [0.717, 1.165) is 4.47 Å². The highest BCUT2D eigenvalue weighted by molar-refractivity contribution is 9.10. The number of fused-ring (bicyclic) bond motifs is 3. The summed E-state index contributed by atoms with van der Waals surface area (Å²) >= 11 is 9.61. The molecular weight excluding hydrogens is 512 g/mol. The Kier molecular flexibility index (Phi) is 5.27. The fourth-order valence-electron chi connectivity index (χ4n) is 5.39. The number of hydrogen-bond donors (Lipinski definition) is 1. The van der Waals surface area contributed by atoms with E-state index >= 15 is 0 Å². The van der Waals surface area contributed by atoms with E-state index in [1.54, 1.807) is 24.3 Å². The number of carbonyl (C=O) groups is 1. The molecule has 0 saturated heterocycles. The minimum atomic E-state index is -1.93. The van der Waals surface area contributed by atoms with Crippen LogP contribution in [0.5, 0.6) is 5.75 Å². The number of benzene rings is 2. The molecule has 3 aromatic rings. The van der Waals surface area contributed by atoms with Crippen LogP contribution in [-0.2, 0) is 20.7 Å². The molecule has 168 valence electrons. The molecule has 1 fully saturated rings. The van der Waals surface area contributed by atoms with Gasteiger partial charge in [-0.3, -0.25) is 9.78 Å². The molecule has 0 unspecified atom stereocenters. The standard InChI is InChI=1S/C24H18BrClN2O5/c1-32-22(30)18-19(13-5-3-2-4-6-13)24(14-7-9-15(25)10-8-14)23(28-31,21(18)29)20-17(33-24)11-16(26)12-27-20/h2-12,18-19,21,29H,1H3/t18-,19-,21-,23+,24+/m1/s1. The lowest BCUT2D eigenvalue weighted by atomic mass is 9.70. The number of pyridine rings is 1. The van der Waals surface area contributed by atoms with E-state index in [9.17, 15) is 14.8 Å². The van der Waals surface area contributed by atoms with Gasteiger partial charge in [-0.05, 0) is 28.4 Å². The highest BCUT2D eigenvalue weighted by Gasteiger charge is 2.80. The van der Waals surface area contributed by atoms with Crippen LogP contribution in [0.1, 0.15) is 22.7 Å². The Hall–Kier alpha value is -2.81. The van der Waals surface area contributed by atoms with Gasteiger partial charge in [0.25, 0.3) is 0 Å². The molecule has 1 aliphatic heterocycles. The quantitative estimate of drug-likeness (QED) is 0.389. The summed E-state index contributed by atoms with van der Waals surface area (Å²) in [5.41, 5.74) is -2.16. The van der Waals surface area contributed by atoms with Gasteiger partial charge in [0.2, 0.25) is 5.54 Å². The first-order valence-corrected chi connectivity index (χ1v) is 11.3. The van der Waals surface area contributed by atoms with Crippen molar-refractivity contribution in [3.05, 3.63) is 98.1 Å². The maximum absolute atomic E-state index is 13.1. The first-order chi connectivity index (χ1) is 15.9. The molecule has 33 heavy (non-hydrogen) atoms. The summed E-state index contributed by atoms with van der Waals surface area (Å²) in [5, 5.41) is 15.5. The zero-order valence-electron chi connectivity index (χ0n) is 17.3. The second-order valence-corrected chi connectivity index (χ2v) is 9.44. The predicted octanol–water partition coefficient (Wildman–Crippen LogP) is 4.69. The van der Waals surface area contributed by atoms with Gasteiger partial charge in [0.1, 0.15) is 17.5 Å². The molecule has 2 aromatic carbocycles. The molecule has 7 nitrogen and oxygen atoms in total. The fraction of sp³-hybridized carbons (Fsp3) is 0.250. The van der Waals surface area contributed by atoms with Gasteiger partial charge < -0.3 is 14.6 Å². The maximum Gasteiger partial charge on any atom is 0.312 e. The third-order valence-electron chi connectivity index (χ3n) is 6.63. The monoisotopic (exact) mass is 528 g/mol. The van der Waals surface area contributed by atoms with Gasteiger partial charge in [-0.25, -0.2) is 0 Å². The lowest BCUT2D eigenvalue weighted by Gasteiger charge is -2.39. The molecule has 1 saturated carbocycles. The largest absolute Gasteiger partial charge is 0.477 e. The minimum Gasteiger partial charge on any atom is -0.477 e. The molecule has 1 aromatic heterocycles. The Morgan fingerprint density at radius 1 is 1.21 bits per heavy atom. The lowest BCUT2D eigenvalue weighted by Crippen LogP contribution is -2.50. The molecule has 5 rings (SSSR count). The Bertz CT molecular complexity index is 1240. The Labute approximate surface area is 202 Å². The number of ether oxygens (including phenoxy) is 2. The van der Waals surface area contributed by atoms with E-state index in [4.69, 9.17) is 21.1 Å². The number of hydrogen-bond acceptors (Lipinski definition) is 7. The summed E-state index contributed by atoms with van der Waals surface area (Å²) in [6, 6.07) is 17.8. The van der Waals surface area contributed by atoms with Crippen LogP contribution in [-0.4, -0.2) is 29.3 Å². The second kappa shape index (κ2) is 7.90. The van der Waals surface area contributed by atoms with Crippen LogP contribution >= 0.6 is 27.5 Å². The van der Waals surface area contributed by atoms with E-state index in [1.165, 1.54) is 19.4 Å². The highest BCUT2D eigenvalue weighted by atomic mass is 79.9. The van der Waals surface area contributed by atoms with E-state index in [-0.39, 0.29) is 11.4 Å². The van der Waals surface area contributed by atoms with E-state index in [2.05, 4.69) is 26.1 Å². The van der Waals surface area contributed by atoms with Crippen LogP contribution in [0.4, 0.5) is 0 Å². The number of carbonyl (C=O) groups excluding carboxylic acids is 1. The third-order valence-corrected chi connectivity index (χ3v) is 7.37. The normalized spacial score (nSPS) is 29.6.